The van der Waals surface area contributed by atoms with Crippen LogP contribution in [0.4, 0.5) is 5.82 Å². The third-order valence-corrected chi connectivity index (χ3v) is 10.2. The fourth-order valence-corrected chi connectivity index (χ4v) is 8.10. The van der Waals surface area contributed by atoms with Crippen LogP contribution in [0.25, 0.3) is 11.0 Å². The number of hydrogen-bond donors (Lipinski definition) is 1. The average Bonchev–Trinajstić information content (AvgIpc) is 3.25. The van der Waals surface area contributed by atoms with Gasteiger partial charge < -0.3 is 9.88 Å². The number of nitrogens with zero attached hydrogens (tertiary/aromatic N) is 3. The van der Waals surface area contributed by atoms with Gasteiger partial charge in [-0.05, 0) is 50.5 Å². The van der Waals surface area contributed by atoms with E-state index in [1.807, 2.05) is 12.3 Å². The highest BCUT2D eigenvalue weighted by atomic mass is 32.2. The zero-order valence-corrected chi connectivity index (χ0v) is 20.5. The quantitative estimate of drug-likeness (QED) is 0.624. The van der Waals surface area contributed by atoms with Gasteiger partial charge in [0.15, 0.2) is 9.84 Å². The van der Waals surface area contributed by atoms with Gasteiger partial charge in [0.25, 0.3) is 0 Å². The maximum absolute atomic E-state index is 13.3. The Bertz CT molecular complexity index is 938. The molecule has 2 heterocycles. The molecular formula is C25H40N4O2S. The van der Waals surface area contributed by atoms with Gasteiger partial charge in [-0.2, -0.15) is 0 Å². The number of fused-ring (bicyclic) bond motifs is 1. The molecule has 6 nitrogen and oxygen atoms in total. The van der Waals surface area contributed by atoms with Crippen molar-refractivity contribution < 1.29 is 8.42 Å². The topological polar surface area (TPSA) is 79.0 Å². The summed E-state index contributed by atoms with van der Waals surface area (Å²) in [5, 5.41) is 0.940. The maximum atomic E-state index is 13.3. The highest BCUT2D eigenvalue weighted by molar-refractivity contribution is 7.92. The summed E-state index contributed by atoms with van der Waals surface area (Å²) in [6, 6.07) is 2.43. The van der Waals surface area contributed by atoms with Gasteiger partial charge in [-0.25, -0.2) is 18.4 Å². The molecule has 2 aliphatic carbocycles. The lowest BCUT2D eigenvalue weighted by molar-refractivity contribution is 0.339. The molecular weight excluding hydrogens is 420 g/mol. The summed E-state index contributed by atoms with van der Waals surface area (Å²) in [6.45, 7) is 0. The Morgan fingerprint density at radius 3 is 2.19 bits per heavy atom. The number of nitrogens with one attached hydrogen (secondary N) is 1. The van der Waals surface area contributed by atoms with Crippen LogP contribution in [0.3, 0.4) is 0 Å². The Morgan fingerprint density at radius 2 is 1.53 bits per heavy atom. The number of sulfone groups is 1. The molecule has 2 aliphatic rings. The largest absolute Gasteiger partial charge is 0.356 e. The minimum atomic E-state index is -3.01. The molecule has 1 N–H and O–H groups in total. The molecule has 7 heteroatoms. The van der Waals surface area contributed by atoms with Crippen LogP contribution in [0.5, 0.6) is 0 Å². The SMILES string of the molecule is CN(c1ncnc2[nH]ccc12)C1CCC(CS(=O)(=O)C2CCCCCCCCCC2)CC1. The van der Waals surface area contributed by atoms with E-state index in [9.17, 15) is 8.42 Å². The fraction of sp³-hybridized carbons (Fsp3) is 0.760. The third-order valence-electron chi connectivity index (χ3n) is 7.81. The van der Waals surface area contributed by atoms with E-state index >= 15 is 0 Å². The highest BCUT2D eigenvalue weighted by Gasteiger charge is 2.32. The van der Waals surface area contributed by atoms with Crippen molar-refractivity contribution in [3.63, 3.8) is 0 Å². The van der Waals surface area contributed by atoms with Crippen molar-refractivity contribution in [1.82, 2.24) is 15.0 Å². The van der Waals surface area contributed by atoms with Crippen molar-refractivity contribution in [2.24, 2.45) is 5.92 Å². The molecule has 0 spiro atoms. The summed E-state index contributed by atoms with van der Waals surface area (Å²) in [6.07, 6.45) is 19.0. The summed E-state index contributed by atoms with van der Waals surface area (Å²) in [7, 11) is -0.902. The zero-order valence-electron chi connectivity index (χ0n) is 19.6. The van der Waals surface area contributed by atoms with E-state index in [-0.39, 0.29) is 5.25 Å². The first-order valence-electron chi connectivity index (χ1n) is 12.8. The van der Waals surface area contributed by atoms with Crippen molar-refractivity contribution in [1.29, 1.82) is 0 Å². The number of aromatic nitrogens is 3. The monoisotopic (exact) mass is 460 g/mol. The van der Waals surface area contributed by atoms with E-state index in [2.05, 4.69) is 26.9 Å². The number of aromatic amines is 1. The van der Waals surface area contributed by atoms with Gasteiger partial charge in [0.1, 0.15) is 17.8 Å². The van der Waals surface area contributed by atoms with Crippen LogP contribution >= 0.6 is 0 Å². The molecule has 178 valence electrons. The van der Waals surface area contributed by atoms with E-state index in [0.717, 1.165) is 68.2 Å². The molecule has 0 radical (unpaired) electrons. The van der Waals surface area contributed by atoms with Gasteiger partial charge in [-0.15, -0.1) is 0 Å². The molecule has 2 fully saturated rings. The van der Waals surface area contributed by atoms with E-state index in [1.165, 1.54) is 38.5 Å². The first kappa shape index (κ1) is 23.5. The van der Waals surface area contributed by atoms with Crippen LogP contribution in [-0.4, -0.2) is 47.5 Å². The van der Waals surface area contributed by atoms with E-state index in [0.29, 0.717) is 17.7 Å². The number of rotatable bonds is 5. The summed E-state index contributed by atoms with van der Waals surface area (Å²) in [4.78, 5) is 14.3. The fourth-order valence-electron chi connectivity index (χ4n) is 5.78. The second-order valence-electron chi connectivity index (χ2n) is 10.1. The van der Waals surface area contributed by atoms with Gasteiger partial charge in [0.05, 0.1) is 16.4 Å². The Kier molecular flexibility index (Phi) is 8.08. The molecule has 4 rings (SSSR count). The van der Waals surface area contributed by atoms with Crippen molar-refractivity contribution in [2.75, 3.05) is 17.7 Å². The minimum absolute atomic E-state index is 0.108. The summed E-state index contributed by atoms with van der Waals surface area (Å²) >= 11 is 0. The van der Waals surface area contributed by atoms with Crippen molar-refractivity contribution in [3.8, 4) is 0 Å². The lowest BCUT2D eigenvalue weighted by atomic mass is 9.86. The normalized spacial score (nSPS) is 24.8. The Morgan fingerprint density at radius 1 is 0.906 bits per heavy atom. The summed E-state index contributed by atoms with van der Waals surface area (Å²) < 4.78 is 26.7. The molecule has 0 unspecified atom stereocenters. The van der Waals surface area contributed by atoms with Crippen LogP contribution in [0, 0.1) is 5.92 Å². The minimum Gasteiger partial charge on any atom is -0.356 e. The second kappa shape index (κ2) is 11.0. The van der Waals surface area contributed by atoms with Crippen LogP contribution in [0.15, 0.2) is 18.6 Å². The second-order valence-corrected chi connectivity index (χ2v) is 12.4. The van der Waals surface area contributed by atoms with Gasteiger partial charge >= 0.3 is 0 Å². The van der Waals surface area contributed by atoms with E-state index in [1.54, 1.807) is 6.33 Å². The Hall–Kier alpha value is -1.63. The Labute approximate surface area is 193 Å². The van der Waals surface area contributed by atoms with E-state index < -0.39 is 9.84 Å². The van der Waals surface area contributed by atoms with E-state index in [4.69, 9.17) is 0 Å². The molecule has 0 atom stereocenters. The molecule has 32 heavy (non-hydrogen) atoms. The highest BCUT2D eigenvalue weighted by Crippen LogP contribution is 2.33. The summed E-state index contributed by atoms with van der Waals surface area (Å²) in [5.41, 5.74) is 0.864. The van der Waals surface area contributed by atoms with Gasteiger partial charge in [0.2, 0.25) is 0 Å². The van der Waals surface area contributed by atoms with Gasteiger partial charge in [0, 0.05) is 19.3 Å². The van der Waals surface area contributed by atoms with Gasteiger partial charge in [-0.1, -0.05) is 51.4 Å². The summed E-state index contributed by atoms with van der Waals surface area (Å²) in [5.74, 6) is 1.66. The van der Waals surface area contributed by atoms with Crippen LogP contribution in [0.1, 0.15) is 89.9 Å². The lowest BCUT2D eigenvalue weighted by Crippen LogP contribution is -2.38. The predicted octanol–water partition coefficient (Wildman–Crippen LogP) is 5.65. The van der Waals surface area contributed by atoms with Crippen LogP contribution in [-0.2, 0) is 9.84 Å². The maximum Gasteiger partial charge on any atom is 0.153 e. The molecule has 0 saturated heterocycles. The first-order valence-corrected chi connectivity index (χ1v) is 14.5. The first-order chi connectivity index (χ1) is 15.5. The average molecular weight is 461 g/mol. The lowest BCUT2D eigenvalue weighted by Gasteiger charge is -2.35. The smallest absolute Gasteiger partial charge is 0.153 e. The van der Waals surface area contributed by atoms with Gasteiger partial charge in [-0.3, -0.25) is 0 Å². The molecule has 0 amide bonds. The van der Waals surface area contributed by atoms with Crippen molar-refractivity contribution >= 4 is 26.7 Å². The molecule has 0 aromatic carbocycles. The zero-order chi connectivity index (χ0) is 22.4. The van der Waals surface area contributed by atoms with Crippen molar-refractivity contribution in [2.45, 2.75) is 101 Å². The Balaban J connectivity index is 1.32. The number of anilines is 1. The number of hydrogen-bond acceptors (Lipinski definition) is 5. The third kappa shape index (κ3) is 5.83. The predicted molar refractivity (Wildman–Crippen MR) is 132 cm³/mol. The van der Waals surface area contributed by atoms with Crippen LogP contribution in [0.2, 0.25) is 0 Å². The number of H-pyrrole nitrogens is 1. The molecule has 2 aromatic heterocycles. The molecule has 0 aliphatic heterocycles. The molecule has 0 bridgehead atoms. The standard InChI is InChI=1S/C25H40N4O2S/c1-29(25-23-16-17-26-24(23)27-19-28-25)21-14-12-20(13-15-21)18-32(30,31)22-10-8-6-4-2-3-5-7-9-11-22/h16-17,19-22H,2-15,18H2,1H3,(H,26,27,28). The molecule has 2 saturated carbocycles. The molecule has 2 aromatic rings. The van der Waals surface area contributed by atoms with Crippen molar-refractivity contribution in [3.05, 3.63) is 18.6 Å². The van der Waals surface area contributed by atoms with Crippen LogP contribution < -0.4 is 4.90 Å².